The van der Waals surface area contributed by atoms with Crippen molar-refractivity contribution in [2.75, 3.05) is 11.4 Å². The maximum Gasteiger partial charge on any atom is 0.191 e. The van der Waals surface area contributed by atoms with Gasteiger partial charge in [-0.2, -0.15) is 0 Å². The Morgan fingerprint density at radius 2 is 2.24 bits per heavy atom. The molecule has 0 spiro atoms. The summed E-state index contributed by atoms with van der Waals surface area (Å²) in [4.78, 5) is 15.0. The predicted molar refractivity (Wildman–Crippen MR) is 69.4 cm³/mol. The summed E-state index contributed by atoms with van der Waals surface area (Å²) in [6.45, 7) is 6.97. The monoisotopic (exact) mass is 227 g/mol. The van der Waals surface area contributed by atoms with Crippen molar-refractivity contribution in [2.24, 2.45) is 5.92 Å². The largest absolute Gasteiger partial charge is 0.357 e. The molecule has 2 atom stereocenters. The van der Waals surface area contributed by atoms with Crippen LogP contribution in [-0.2, 0) is 0 Å². The second-order valence-corrected chi connectivity index (χ2v) is 5.05. The van der Waals surface area contributed by atoms with E-state index in [1.807, 2.05) is 24.3 Å². The molecule has 0 aliphatic carbocycles. The first kappa shape index (κ1) is 10.6. The Labute approximate surface area is 102 Å². The Morgan fingerprint density at radius 1 is 1.47 bits per heavy atom. The molecule has 2 unspecified atom stereocenters. The van der Waals surface area contributed by atoms with Crippen LogP contribution in [0.2, 0.25) is 0 Å². The SMILES string of the molecule is C=CC(C)C12CCCN1c1ccccc1C2=O. The van der Waals surface area contributed by atoms with Crippen LogP contribution in [0.4, 0.5) is 5.69 Å². The Kier molecular flexibility index (Phi) is 2.15. The molecule has 2 heterocycles. The summed E-state index contributed by atoms with van der Waals surface area (Å²) in [7, 11) is 0. The van der Waals surface area contributed by atoms with Crippen LogP contribution in [0.25, 0.3) is 0 Å². The van der Waals surface area contributed by atoms with Gasteiger partial charge in [0.15, 0.2) is 5.78 Å². The van der Waals surface area contributed by atoms with Crippen molar-refractivity contribution in [1.29, 1.82) is 0 Å². The lowest BCUT2D eigenvalue weighted by Crippen LogP contribution is -2.50. The molecule has 2 aliphatic rings. The Morgan fingerprint density at radius 3 is 3.00 bits per heavy atom. The molecule has 1 fully saturated rings. The lowest BCUT2D eigenvalue weighted by Gasteiger charge is -2.36. The standard InChI is InChI=1S/C15H17NO/c1-3-11(2)15-9-6-10-16(15)13-8-5-4-7-12(13)14(15)17/h3-5,7-8,11H,1,6,9-10H2,2H3. The number of carbonyl (C=O) groups excluding carboxylic acids is 1. The number of hydrogen-bond acceptors (Lipinski definition) is 2. The van der Waals surface area contributed by atoms with E-state index in [0.717, 1.165) is 30.6 Å². The van der Waals surface area contributed by atoms with Crippen molar-refractivity contribution in [1.82, 2.24) is 0 Å². The number of fused-ring (bicyclic) bond motifs is 3. The average molecular weight is 227 g/mol. The third-order valence-corrected chi connectivity index (χ3v) is 4.36. The Balaban J connectivity index is 2.19. The number of ketones is 1. The van der Waals surface area contributed by atoms with Gasteiger partial charge in [0.2, 0.25) is 0 Å². The van der Waals surface area contributed by atoms with Gasteiger partial charge in [0.25, 0.3) is 0 Å². The minimum absolute atomic E-state index is 0.199. The molecule has 88 valence electrons. The first-order chi connectivity index (χ1) is 8.21. The normalized spacial score (nSPS) is 27.8. The highest BCUT2D eigenvalue weighted by Crippen LogP contribution is 2.49. The minimum Gasteiger partial charge on any atom is -0.357 e. The number of carbonyl (C=O) groups is 1. The number of anilines is 1. The highest BCUT2D eigenvalue weighted by atomic mass is 16.1. The van der Waals surface area contributed by atoms with Crippen LogP contribution in [0.3, 0.4) is 0 Å². The van der Waals surface area contributed by atoms with Gasteiger partial charge in [-0.15, -0.1) is 6.58 Å². The lowest BCUT2D eigenvalue weighted by molar-refractivity contribution is 0.0878. The maximum absolute atomic E-state index is 12.7. The number of Topliss-reactive ketones (excluding diaryl/α,β-unsaturated/α-hetero) is 1. The smallest absolute Gasteiger partial charge is 0.191 e. The number of para-hydroxylation sites is 1. The molecule has 0 N–H and O–H groups in total. The third kappa shape index (κ3) is 1.13. The van der Waals surface area contributed by atoms with Crippen molar-refractivity contribution in [3.8, 4) is 0 Å². The molecule has 3 rings (SSSR count). The van der Waals surface area contributed by atoms with Crippen LogP contribution in [-0.4, -0.2) is 17.9 Å². The average Bonchev–Trinajstić information content (AvgIpc) is 2.90. The van der Waals surface area contributed by atoms with Crippen molar-refractivity contribution in [2.45, 2.75) is 25.3 Å². The third-order valence-electron chi connectivity index (χ3n) is 4.36. The highest BCUT2D eigenvalue weighted by Gasteiger charge is 2.55. The molecule has 0 bridgehead atoms. The molecule has 2 nitrogen and oxygen atoms in total. The summed E-state index contributed by atoms with van der Waals surface area (Å²) in [5.41, 5.74) is 1.66. The molecule has 0 aromatic heterocycles. The van der Waals surface area contributed by atoms with Gasteiger partial charge >= 0.3 is 0 Å². The zero-order chi connectivity index (χ0) is 12.0. The van der Waals surface area contributed by atoms with E-state index in [9.17, 15) is 4.79 Å². The van der Waals surface area contributed by atoms with E-state index < -0.39 is 0 Å². The van der Waals surface area contributed by atoms with Crippen LogP contribution < -0.4 is 4.90 Å². The van der Waals surface area contributed by atoms with Crippen LogP contribution >= 0.6 is 0 Å². The number of benzene rings is 1. The first-order valence-corrected chi connectivity index (χ1v) is 6.26. The van der Waals surface area contributed by atoms with Crippen LogP contribution in [0.1, 0.15) is 30.1 Å². The zero-order valence-electron chi connectivity index (χ0n) is 10.1. The van der Waals surface area contributed by atoms with Crippen LogP contribution in [0.5, 0.6) is 0 Å². The molecule has 0 saturated carbocycles. The summed E-state index contributed by atoms with van der Waals surface area (Å²) in [5, 5.41) is 0. The quantitative estimate of drug-likeness (QED) is 0.724. The van der Waals surface area contributed by atoms with Crippen molar-refractivity contribution in [3.05, 3.63) is 42.5 Å². The molecule has 2 aliphatic heterocycles. The highest BCUT2D eigenvalue weighted by molar-refractivity contribution is 6.14. The molecule has 0 radical (unpaired) electrons. The molecule has 1 aromatic rings. The van der Waals surface area contributed by atoms with Crippen molar-refractivity contribution < 1.29 is 4.79 Å². The van der Waals surface area contributed by atoms with E-state index in [0.29, 0.717) is 0 Å². The maximum atomic E-state index is 12.7. The number of nitrogens with zero attached hydrogens (tertiary/aromatic N) is 1. The molecular formula is C15H17NO. The summed E-state index contributed by atoms with van der Waals surface area (Å²) in [5.74, 6) is 0.489. The van der Waals surface area contributed by atoms with Gasteiger partial charge in [-0.3, -0.25) is 4.79 Å². The minimum atomic E-state index is -0.342. The molecule has 0 amide bonds. The molecule has 1 aromatic carbocycles. The second kappa shape index (κ2) is 3.46. The lowest BCUT2D eigenvalue weighted by atomic mass is 9.79. The number of hydrogen-bond donors (Lipinski definition) is 0. The molecule has 1 saturated heterocycles. The molecule has 17 heavy (non-hydrogen) atoms. The van der Waals surface area contributed by atoms with E-state index in [4.69, 9.17) is 0 Å². The summed E-state index contributed by atoms with van der Waals surface area (Å²) < 4.78 is 0. The van der Waals surface area contributed by atoms with E-state index >= 15 is 0 Å². The van der Waals surface area contributed by atoms with Crippen LogP contribution in [0, 0.1) is 5.92 Å². The van der Waals surface area contributed by atoms with E-state index in [2.05, 4.69) is 24.5 Å². The van der Waals surface area contributed by atoms with Gasteiger partial charge in [-0.1, -0.05) is 25.1 Å². The molecular weight excluding hydrogens is 210 g/mol. The van der Waals surface area contributed by atoms with Crippen molar-refractivity contribution in [3.63, 3.8) is 0 Å². The van der Waals surface area contributed by atoms with Crippen molar-refractivity contribution >= 4 is 11.5 Å². The summed E-state index contributed by atoms with van der Waals surface area (Å²) in [6.07, 6.45) is 3.97. The van der Waals surface area contributed by atoms with Gasteiger partial charge in [0.1, 0.15) is 5.54 Å². The Bertz CT molecular complexity index is 493. The van der Waals surface area contributed by atoms with Gasteiger partial charge in [0.05, 0.1) is 0 Å². The fourth-order valence-electron chi connectivity index (χ4n) is 3.42. The fourth-order valence-corrected chi connectivity index (χ4v) is 3.42. The van der Waals surface area contributed by atoms with E-state index in [1.165, 1.54) is 0 Å². The predicted octanol–water partition coefficient (Wildman–Crippen LogP) is 3.04. The number of rotatable bonds is 2. The first-order valence-electron chi connectivity index (χ1n) is 6.26. The van der Waals surface area contributed by atoms with E-state index in [-0.39, 0.29) is 17.2 Å². The fraction of sp³-hybridized carbons (Fsp3) is 0.400. The summed E-state index contributed by atoms with van der Waals surface area (Å²) >= 11 is 0. The van der Waals surface area contributed by atoms with Gasteiger partial charge in [-0.25, -0.2) is 0 Å². The van der Waals surface area contributed by atoms with Gasteiger partial charge in [0, 0.05) is 23.7 Å². The Hall–Kier alpha value is -1.57. The topological polar surface area (TPSA) is 20.3 Å². The molecule has 2 heteroatoms. The van der Waals surface area contributed by atoms with Gasteiger partial charge in [-0.05, 0) is 25.0 Å². The second-order valence-electron chi connectivity index (χ2n) is 5.05. The zero-order valence-corrected chi connectivity index (χ0v) is 10.1. The van der Waals surface area contributed by atoms with Crippen LogP contribution in [0.15, 0.2) is 36.9 Å². The van der Waals surface area contributed by atoms with E-state index in [1.54, 1.807) is 0 Å². The van der Waals surface area contributed by atoms with Gasteiger partial charge < -0.3 is 4.90 Å². The summed E-state index contributed by atoms with van der Waals surface area (Å²) in [6, 6.07) is 7.98.